The summed E-state index contributed by atoms with van der Waals surface area (Å²) in [4.78, 5) is 12.2. The van der Waals surface area contributed by atoms with Crippen molar-refractivity contribution in [3.8, 4) is 0 Å². The molecule has 3 rings (SSSR count). The second kappa shape index (κ2) is 4.61. The summed E-state index contributed by atoms with van der Waals surface area (Å²) in [5.41, 5.74) is -0.574. The summed E-state index contributed by atoms with van der Waals surface area (Å²) in [5, 5.41) is 10.1. The first-order chi connectivity index (χ1) is 9.42. The standard InChI is InChI=1S/C18H28O2/c1-12(2)18(16(19)20)11-14-8-9-17(18,10-14)15-6-4-13(3)5-7-15/h8-9,12-15H,4-7,10-11H2,1-3H3,(H,19,20). The summed E-state index contributed by atoms with van der Waals surface area (Å²) >= 11 is 0. The number of carboxylic acids is 1. The SMILES string of the molecule is CC1CCC(C23C=CC(C2)CC3(C(=O)O)C(C)C)CC1. The zero-order chi connectivity index (χ0) is 14.5. The van der Waals surface area contributed by atoms with Gasteiger partial charge in [0.05, 0.1) is 5.41 Å². The minimum Gasteiger partial charge on any atom is -0.481 e. The van der Waals surface area contributed by atoms with Crippen LogP contribution in [0.3, 0.4) is 0 Å². The largest absolute Gasteiger partial charge is 0.481 e. The summed E-state index contributed by atoms with van der Waals surface area (Å²) in [6.07, 6.45) is 11.6. The fraction of sp³-hybridized carbons (Fsp3) is 0.833. The molecule has 2 nitrogen and oxygen atoms in total. The van der Waals surface area contributed by atoms with E-state index < -0.39 is 11.4 Å². The quantitative estimate of drug-likeness (QED) is 0.770. The molecule has 1 N–H and O–H groups in total. The van der Waals surface area contributed by atoms with Crippen LogP contribution in [0.5, 0.6) is 0 Å². The summed E-state index contributed by atoms with van der Waals surface area (Å²) in [5.74, 6) is 1.59. The predicted molar refractivity (Wildman–Crippen MR) is 80.3 cm³/mol. The van der Waals surface area contributed by atoms with Crippen LogP contribution in [0.1, 0.15) is 59.3 Å². The van der Waals surface area contributed by atoms with Gasteiger partial charge in [0.25, 0.3) is 0 Å². The first-order valence-corrected chi connectivity index (χ1v) is 8.35. The van der Waals surface area contributed by atoms with E-state index in [1.165, 1.54) is 25.7 Å². The number of allylic oxidation sites excluding steroid dienone is 2. The van der Waals surface area contributed by atoms with E-state index >= 15 is 0 Å². The van der Waals surface area contributed by atoms with Gasteiger partial charge in [-0.25, -0.2) is 0 Å². The second-order valence-corrected chi connectivity index (χ2v) is 7.96. The number of rotatable bonds is 3. The molecule has 2 fully saturated rings. The maximum Gasteiger partial charge on any atom is 0.310 e. The van der Waals surface area contributed by atoms with Gasteiger partial charge in [0, 0.05) is 5.41 Å². The molecular formula is C18H28O2. The molecule has 0 aliphatic heterocycles. The molecule has 0 heterocycles. The maximum absolute atomic E-state index is 12.2. The zero-order valence-corrected chi connectivity index (χ0v) is 13.1. The Hall–Kier alpha value is -0.790. The van der Waals surface area contributed by atoms with Gasteiger partial charge in [0.15, 0.2) is 0 Å². The average molecular weight is 276 g/mol. The zero-order valence-electron chi connectivity index (χ0n) is 13.1. The molecular weight excluding hydrogens is 248 g/mol. The molecule has 3 aliphatic rings. The normalized spacial score (nSPS) is 47.1. The van der Waals surface area contributed by atoms with Crippen molar-refractivity contribution in [3.63, 3.8) is 0 Å². The van der Waals surface area contributed by atoms with Crippen LogP contribution in [0.2, 0.25) is 0 Å². The van der Waals surface area contributed by atoms with E-state index in [1.54, 1.807) is 0 Å². The van der Waals surface area contributed by atoms with Crippen molar-refractivity contribution in [1.82, 2.24) is 0 Å². The molecule has 0 radical (unpaired) electrons. The Morgan fingerprint density at radius 2 is 1.85 bits per heavy atom. The highest BCUT2D eigenvalue weighted by molar-refractivity contribution is 5.78. The van der Waals surface area contributed by atoms with Gasteiger partial charge in [-0.1, -0.05) is 45.8 Å². The Balaban J connectivity index is 2.00. The highest BCUT2D eigenvalue weighted by atomic mass is 16.4. The van der Waals surface area contributed by atoms with Crippen LogP contribution in [-0.4, -0.2) is 11.1 Å². The Kier molecular flexibility index (Phi) is 3.26. The van der Waals surface area contributed by atoms with Crippen LogP contribution < -0.4 is 0 Å². The molecule has 0 amide bonds. The summed E-state index contributed by atoms with van der Waals surface area (Å²) in [6, 6.07) is 0. The third kappa shape index (κ3) is 1.66. The van der Waals surface area contributed by atoms with Crippen LogP contribution >= 0.6 is 0 Å². The van der Waals surface area contributed by atoms with E-state index in [0.717, 1.165) is 18.8 Å². The highest BCUT2D eigenvalue weighted by Crippen LogP contribution is 2.69. The molecule has 20 heavy (non-hydrogen) atoms. The fourth-order valence-electron chi connectivity index (χ4n) is 5.70. The number of hydrogen-bond acceptors (Lipinski definition) is 1. The van der Waals surface area contributed by atoms with Crippen LogP contribution in [0.4, 0.5) is 0 Å². The molecule has 0 aromatic carbocycles. The molecule has 2 saturated carbocycles. The van der Waals surface area contributed by atoms with Crippen molar-refractivity contribution in [3.05, 3.63) is 12.2 Å². The molecule has 0 aromatic rings. The van der Waals surface area contributed by atoms with E-state index in [2.05, 4.69) is 32.9 Å². The van der Waals surface area contributed by atoms with Crippen molar-refractivity contribution >= 4 is 5.97 Å². The van der Waals surface area contributed by atoms with E-state index in [0.29, 0.717) is 11.8 Å². The Morgan fingerprint density at radius 3 is 2.35 bits per heavy atom. The van der Waals surface area contributed by atoms with Crippen LogP contribution in [-0.2, 0) is 4.79 Å². The Labute approximate surface area is 122 Å². The predicted octanol–water partition coefficient (Wildman–Crippen LogP) is 4.51. The third-order valence-corrected chi connectivity index (χ3v) is 6.79. The van der Waals surface area contributed by atoms with Crippen molar-refractivity contribution in [2.45, 2.75) is 59.3 Å². The van der Waals surface area contributed by atoms with E-state index in [1.807, 2.05) is 0 Å². The Bertz CT molecular complexity index is 431. The molecule has 0 spiro atoms. The van der Waals surface area contributed by atoms with Gasteiger partial charge >= 0.3 is 5.97 Å². The van der Waals surface area contributed by atoms with Gasteiger partial charge in [0.1, 0.15) is 0 Å². The molecule has 3 atom stereocenters. The first-order valence-electron chi connectivity index (χ1n) is 8.35. The van der Waals surface area contributed by atoms with Crippen molar-refractivity contribution in [2.24, 2.45) is 34.5 Å². The van der Waals surface area contributed by atoms with Gasteiger partial charge in [-0.2, -0.15) is 0 Å². The monoisotopic (exact) mass is 276 g/mol. The minimum atomic E-state index is -0.544. The van der Waals surface area contributed by atoms with Crippen molar-refractivity contribution < 1.29 is 9.90 Å². The fourth-order valence-corrected chi connectivity index (χ4v) is 5.70. The molecule has 0 aromatic heterocycles. The topological polar surface area (TPSA) is 37.3 Å². The van der Waals surface area contributed by atoms with Crippen LogP contribution in [0.15, 0.2) is 12.2 Å². The van der Waals surface area contributed by atoms with Crippen molar-refractivity contribution in [2.75, 3.05) is 0 Å². The lowest BCUT2D eigenvalue weighted by molar-refractivity contribution is -0.162. The molecule has 112 valence electrons. The van der Waals surface area contributed by atoms with Gasteiger partial charge in [-0.15, -0.1) is 0 Å². The lowest BCUT2D eigenvalue weighted by Gasteiger charge is -2.50. The summed E-state index contributed by atoms with van der Waals surface area (Å²) in [7, 11) is 0. The maximum atomic E-state index is 12.2. The van der Waals surface area contributed by atoms with Gasteiger partial charge in [-0.05, 0) is 49.4 Å². The van der Waals surface area contributed by atoms with Crippen LogP contribution in [0, 0.1) is 34.5 Å². The number of carboxylic acid groups (broad SMARTS) is 1. The summed E-state index contributed by atoms with van der Waals surface area (Å²) < 4.78 is 0. The molecule has 3 aliphatic carbocycles. The van der Waals surface area contributed by atoms with Gasteiger partial charge < -0.3 is 5.11 Å². The van der Waals surface area contributed by atoms with E-state index in [4.69, 9.17) is 0 Å². The van der Waals surface area contributed by atoms with Gasteiger partial charge in [-0.3, -0.25) is 4.79 Å². The molecule has 0 saturated heterocycles. The first kappa shape index (κ1) is 14.2. The number of aliphatic carboxylic acids is 1. The van der Waals surface area contributed by atoms with Gasteiger partial charge in [0.2, 0.25) is 0 Å². The van der Waals surface area contributed by atoms with E-state index in [9.17, 15) is 9.90 Å². The number of fused-ring (bicyclic) bond motifs is 2. The lowest BCUT2D eigenvalue weighted by atomic mass is 9.52. The molecule has 3 unspecified atom stereocenters. The molecule has 2 heteroatoms. The average Bonchev–Trinajstić information content (AvgIpc) is 2.96. The minimum absolute atomic E-state index is 0.0577. The smallest absolute Gasteiger partial charge is 0.310 e. The highest BCUT2D eigenvalue weighted by Gasteiger charge is 2.66. The number of carbonyl (C=O) groups is 1. The van der Waals surface area contributed by atoms with Crippen molar-refractivity contribution in [1.29, 1.82) is 0 Å². The Morgan fingerprint density at radius 1 is 1.20 bits per heavy atom. The number of hydrogen-bond donors (Lipinski definition) is 1. The lowest BCUT2D eigenvalue weighted by Crippen LogP contribution is -2.51. The molecule has 2 bridgehead atoms. The summed E-state index contributed by atoms with van der Waals surface area (Å²) in [6.45, 7) is 6.58. The second-order valence-electron chi connectivity index (χ2n) is 7.96. The third-order valence-electron chi connectivity index (χ3n) is 6.79. The van der Waals surface area contributed by atoms with E-state index in [-0.39, 0.29) is 11.3 Å². The van der Waals surface area contributed by atoms with Crippen LogP contribution in [0.25, 0.3) is 0 Å².